The van der Waals surface area contributed by atoms with Gasteiger partial charge < -0.3 is 4.98 Å². The van der Waals surface area contributed by atoms with E-state index in [-0.39, 0.29) is 11.5 Å². The zero-order chi connectivity index (χ0) is 13.1. The van der Waals surface area contributed by atoms with Gasteiger partial charge in [-0.05, 0) is 36.1 Å². The predicted molar refractivity (Wildman–Crippen MR) is 76.9 cm³/mol. The summed E-state index contributed by atoms with van der Waals surface area (Å²) in [7, 11) is 0. The Bertz CT molecular complexity index is 623. The van der Waals surface area contributed by atoms with Crippen LogP contribution in [0.3, 0.4) is 0 Å². The number of hydrogen-bond donors (Lipinski definition) is 1. The monoisotopic (exact) mass is 260 g/mol. The van der Waals surface area contributed by atoms with Crippen LogP contribution >= 0.6 is 11.3 Å². The van der Waals surface area contributed by atoms with Crippen molar-refractivity contribution in [3.8, 4) is 0 Å². The molecule has 2 aromatic rings. The molecular weight excluding hydrogens is 244 g/mol. The number of H-pyrrole nitrogens is 1. The first-order valence-electron chi connectivity index (χ1n) is 5.89. The van der Waals surface area contributed by atoms with Crippen LogP contribution in [0.5, 0.6) is 0 Å². The second-order valence-corrected chi connectivity index (χ2v) is 5.46. The molecule has 0 radical (unpaired) electrons. The van der Waals surface area contributed by atoms with Crippen molar-refractivity contribution in [2.75, 3.05) is 0 Å². The smallest absolute Gasteiger partial charge is 0.251 e. The van der Waals surface area contributed by atoms with Crippen LogP contribution in [0.25, 0.3) is 12.2 Å². The third kappa shape index (κ3) is 2.96. The summed E-state index contributed by atoms with van der Waals surface area (Å²) < 4.78 is 0. The number of nitrogens with one attached hydrogen (secondary N) is 1. The molecule has 0 saturated carbocycles. The molecular formula is C14H16N2OS. The lowest BCUT2D eigenvalue weighted by molar-refractivity contribution is 0.764. The van der Waals surface area contributed by atoms with Crippen molar-refractivity contribution in [3.05, 3.63) is 49.8 Å². The molecule has 0 saturated heterocycles. The van der Waals surface area contributed by atoms with Gasteiger partial charge in [0, 0.05) is 16.9 Å². The van der Waals surface area contributed by atoms with E-state index < -0.39 is 0 Å². The van der Waals surface area contributed by atoms with Crippen LogP contribution in [0.4, 0.5) is 0 Å². The Hall–Kier alpha value is -1.68. The third-order valence-corrected chi connectivity index (χ3v) is 3.62. The highest BCUT2D eigenvalue weighted by atomic mass is 32.1. The quantitative estimate of drug-likeness (QED) is 0.919. The molecule has 0 fully saturated rings. The molecule has 0 bridgehead atoms. The summed E-state index contributed by atoms with van der Waals surface area (Å²) in [5.74, 6) is 0.944. The van der Waals surface area contributed by atoms with Gasteiger partial charge in [0.25, 0.3) is 5.56 Å². The lowest BCUT2D eigenvalue weighted by Crippen LogP contribution is -2.12. The van der Waals surface area contributed by atoms with Gasteiger partial charge in [-0.15, -0.1) is 11.3 Å². The first-order chi connectivity index (χ1) is 8.56. The summed E-state index contributed by atoms with van der Waals surface area (Å²) >= 11 is 1.68. The fourth-order valence-electron chi connectivity index (χ4n) is 1.57. The third-order valence-electron chi connectivity index (χ3n) is 2.63. The maximum absolute atomic E-state index is 11.5. The molecule has 94 valence electrons. The van der Waals surface area contributed by atoms with Gasteiger partial charge in [0.15, 0.2) is 0 Å². The van der Waals surface area contributed by atoms with E-state index in [2.05, 4.69) is 28.3 Å². The highest BCUT2D eigenvalue weighted by molar-refractivity contribution is 7.11. The highest BCUT2D eigenvalue weighted by Crippen LogP contribution is 2.18. The largest absolute Gasteiger partial charge is 0.310 e. The fraction of sp³-hybridized carbons (Fsp3) is 0.286. The summed E-state index contributed by atoms with van der Waals surface area (Å²) in [6, 6.07) is 3.60. The van der Waals surface area contributed by atoms with E-state index in [1.54, 1.807) is 11.3 Å². The molecule has 1 N–H and O–H groups in total. The van der Waals surface area contributed by atoms with Crippen molar-refractivity contribution < 1.29 is 0 Å². The number of aromatic nitrogens is 2. The minimum absolute atomic E-state index is 0.101. The van der Waals surface area contributed by atoms with Crippen LogP contribution < -0.4 is 5.56 Å². The number of aromatic amines is 1. The van der Waals surface area contributed by atoms with Gasteiger partial charge in [-0.25, -0.2) is 4.98 Å². The molecule has 0 atom stereocenters. The topological polar surface area (TPSA) is 45.8 Å². The van der Waals surface area contributed by atoms with E-state index in [0.717, 1.165) is 5.82 Å². The highest BCUT2D eigenvalue weighted by Gasteiger charge is 2.03. The number of hydrogen-bond acceptors (Lipinski definition) is 3. The van der Waals surface area contributed by atoms with Gasteiger partial charge in [0.2, 0.25) is 0 Å². The fourth-order valence-corrected chi connectivity index (χ4v) is 2.39. The van der Waals surface area contributed by atoms with Crippen LogP contribution in [0.2, 0.25) is 0 Å². The van der Waals surface area contributed by atoms with E-state index in [4.69, 9.17) is 0 Å². The zero-order valence-electron chi connectivity index (χ0n) is 10.7. The predicted octanol–water partition coefficient (Wildman–Crippen LogP) is 3.43. The molecule has 0 aliphatic heterocycles. The van der Waals surface area contributed by atoms with E-state index in [1.165, 1.54) is 16.5 Å². The van der Waals surface area contributed by atoms with Crippen molar-refractivity contribution in [1.82, 2.24) is 9.97 Å². The van der Waals surface area contributed by atoms with Crippen LogP contribution in [0.15, 0.2) is 22.3 Å². The lowest BCUT2D eigenvalue weighted by atomic mass is 10.2. The summed E-state index contributed by atoms with van der Waals surface area (Å²) in [5.41, 5.74) is 1.84. The average Bonchev–Trinajstić information content (AvgIpc) is 2.71. The van der Waals surface area contributed by atoms with Crippen molar-refractivity contribution in [2.45, 2.75) is 26.7 Å². The van der Waals surface area contributed by atoms with E-state index in [0.29, 0.717) is 5.69 Å². The molecule has 2 heterocycles. The van der Waals surface area contributed by atoms with Crippen molar-refractivity contribution in [2.24, 2.45) is 0 Å². The molecule has 3 nitrogen and oxygen atoms in total. The zero-order valence-corrected chi connectivity index (χ0v) is 11.5. The van der Waals surface area contributed by atoms with Gasteiger partial charge >= 0.3 is 0 Å². The van der Waals surface area contributed by atoms with Gasteiger partial charge in [-0.2, -0.15) is 0 Å². The second kappa shape index (κ2) is 5.31. The SMILES string of the molecule is Cc1ccsc1/C=C/c1cc(=O)[nH]c(C(C)C)n1. The van der Waals surface area contributed by atoms with Crippen molar-refractivity contribution >= 4 is 23.5 Å². The maximum Gasteiger partial charge on any atom is 0.251 e. The Morgan fingerprint density at radius 2 is 2.17 bits per heavy atom. The molecule has 2 aromatic heterocycles. The van der Waals surface area contributed by atoms with E-state index in [1.807, 2.05) is 26.0 Å². The number of thiophene rings is 1. The Kier molecular flexibility index (Phi) is 3.77. The Morgan fingerprint density at radius 3 is 2.78 bits per heavy atom. The maximum atomic E-state index is 11.5. The molecule has 0 spiro atoms. The minimum Gasteiger partial charge on any atom is -0.310 e. The van der Waals surface area contributed by atoms with Crippen LogP contribution in [-0.2, 0) is 0 Å². The molecule has 0 aromatic carbocycles. The Labute approximate surface area is 110 Å². The number of nitrogens with zero attached hydrogens (tertiary/aromatic N) is 1. The molecule has 4 heteroatoms. The molecule has 2 rings (SSSR count). The van der Waals surface area contributed by atoms with E-state index >= 15 is 0 Å². The summed E-state index contributed by atoms with van der Waals surface area (Å²) in [6.45, 7) is 6.09. The first-order valence-corrected chi connectivity index (χ1v) is 6.77. The first kappa shape index (κ1) is 12.8. The Morgan fingerprint density at radius 1 is 1.39 bits per heavy atom. The molecule has 0 unspecified atom stereocenters. The second-order valence-electron chi connectivity index (χ2n) is 4.51. The molecule has 0 aliphatic carbocycles. The minimum atomic E-state index is -0.101. The van der Waals surface area contributed by atoms with Gasteiger partial charge in [0.05, 0.1) is 5.69 Å². The van der Waals surface area contributed by atoms with Crippen LogP contribution in [-0.4, -0.2) is 9.97 Å². The summed E-state index contributed by atoms with van der Waals surface area (Å²) in [4.78, 5) is 19.9. The van der Waals surface area contributed by atoms with Gasteiger partial charge in [0.1, 0.15) is 5.82 Å². The van der Waals surface area contributed by atoms with E-state index in [9.17, 15) is 4.79 Å². The van der Waals surface area contributed by atoms with Crippen LogP contribution in [0.1, 0.15) is 41.7 Å². The Balaban J connectivity index is 2.32. The van der Waals surface area contributed by atoms with Crippen molar-refractivity contribution in [1.29, 1.82) is 0 Å². The number of aryl methyl sites for hydroxylation is 1. The lowest BCUT2D eigenvalue weighted by Gasteiger charge is -2.04. The number of rotatable bonds is 3. The molecule has 0 aliphatic rings. The standard InChI is InChI=1S/C14H16N2OS/c1-9(2)14-15-11(8-13(17)16-14)4-5-12-10(3)6-7-18-12/h4-9H,1-3H3,(H,15,16,17)/b5-4+. The van der Waals surface area contributed by atoms with Gasteiger partial charge in [-0.1, -0.05) is 13.8 Å². The van der Waals surface area contributed by atoms with Gasteiger partial charge in [-0.3, -0.25) is 4.79 Å². The van der Waals surface area contributed by atoms with Crippen LogP contribution in [0, 0.1) is 6.92 Å². The average molecular weight is 260 g/mol. The molecule has 18 heavy (non-hydrogen) atoms. The normalized spacial score (nSPS) is 11.6. The summed E-state index contributed by atoms with van der Waals surface area (Å²) in [5, 5.41) is 2.06. The summed E-state index contributed by atoms with van der Waals surface area (Å²) in [6.07, 6.45) is 3.89. The van der Waals surface area contributed by atoms with Crippen molar-refractivity contribution in [3.63, 3.8) is 0 Å². The molecule has 0 amide bonds.